The van der Waals surface area contributed by atoms with Gasteiger partial charge in [-0.25, -0.2) is 0 Å². The molecule has 1 fully saturated rings. The minimum atomic E-state index is -1.63. The van der Waals surface area contributed by atoms with Crippen LogP contribution in [-0.2, 0) is 9.47 Å². The summed E-state index contributed by atoms with van der Waals surface area (Å²) in [6.45, 7) is 0.456. The molecule has 0 aromatic carbocycles. The molecule has 10 N–H and O–H groups in total. The molecule has 2 aliphatic carbocycles. The third-order valence-electron chi connectivity index (χ3n) is 6.30. The zero-order valence-electron chi connectivity index (χ0n) is 17.5. The van der Waals surface area contributed by atoms with Crippen LogP contribution in [0, 0.1) is 0 Å². The second-order valence-electron chi connectivity index (χ2n) is 8.57. The first-order valence-electron chi connectivity index (χ1n) is 10.5. The Bertz CT molecular complexity index is 703. The van der Waals surface area contributed by atoms with E-state index in [-0.39, 0.29) is 17.6 Å². The fourth-order valence-electron chi connectivity index (χ4n) is 4.33. The zero-order valence-corrected chi connectivity index (χ0v) is 17.5. The first kappa shape index (κ1) is 25.6. The average Bonchev–Trinajstić information content (AvgIpc) is 2.77. The summed E-state index contributed by atoms with van der Waals surface area (Å²) in [7, 11) is 0. The van der Waals surface area contributed by atoms with Gasteiger partial charge in [-0.3, -0.25) is 0 Å². The van der Waals surface area contributed by atoms with E-state index in [4.69, 9.17) is 9.47 Å². The standard InChI is InChI=1S/C20H33NO11/c1-7-13(25)16(28)18(30)20(31-7)32-19-9(6-23)3-11(15(27)17(19)29)21-10-2-8(5-22)14(26)12(24)4-10/h2-3,7,10-30H,4-6H2,1H3/t7?,10-,11-,12+,13+,14+,15-,16?,17+,18?,19+,20-/m0/s1. The van der Waals surface area contributed by atoms with Gasteiger partial charge in [-0.15, -0.1) is 0 Å². The number of hydrogen-bond donors (Lipinski definition) is 10. The van der Waals surface area contributed by atoms with Gasteiger partial charge in [-0.2, -0.15) is 0 Å². The van der Waals surface area contributed by atoms with Gasteiger partial charge in [-0.05, 0) is 24.5 Å². The largest absolute Gasteiger partial charge is 0.392 e. The quantitative estimate of drug-likeness (QED) is 0.168. The first-order chi connectivity index (χ1) is 15.1. The molecule has 3 aliphatic rings. The number of ether oxygens (including phenoxy) is 2. The molecule has 0 saturated carbocycles. The lowest BCUT2D eigenvalue weighted by Gasteiger charge is -2.44. The van der Waals surface area contributed by atoms with Gasteiger partial charge in [0, 0.05) is 6.04 Å². The van der Waals surface area contributed by atoms with Crippen LogP contribution in [0.4, 0.5) is 0 Å². The van der Waals surface area contributed by atoms with Crippen molar-refractivity contribution in [1.29, 1.82) is 0 Å². The molecule has 3 unspecified atom stereocenters. The van der Waals surface area contributed by atoms with Crippen molar-refractivity contribution in [1.82, 2.24) is 5.32 Å². The van der Waals surface area contributed by atoms with E-state index >= 15 is 0 Å². The van der Waals surface area contributed by atoms with Crippen molar-refractivity contribution in [3.05, 3.63) is 23.3 Å². The minimum Gasteiger partial charge on any atom is -0.392 e. The molecule has 1 aliphatic heterocycles. The first-order valence-corrected chi connectivity index (χ1v) is 10.5. The number of hydrogen-bond acceptors (Lipinski definition) is 12. The summed E-state index contributed by atoms with van der Waals surface area (Å²) in [5, 5.41) is 93.3. The topological polar surface area (TPSA) is 213 Å². The van der Waals surface area contributed by atoms with Crippen LogP contribution in [0.5, 0.6) is 0 Å². The summed E-state index contributed by atoms with van der Waals surface area (Å²) in [5.74, 6) is 0. The summed E-state index contributed by atoms with van der Waals surface area (Å²) < 4.78 is 11.0. The van der Waals surface area contributed by atoms with Crippen molar-refractivity contribution in [3.8, 4) is 0 Å². The van der Waals surface area contributed by atoms with E-state index in [1.807, 2.05) is 0 Å². The Kier molecular flexibility index (Phi) is 8.41. The number of aliphatic hydroxyl groups is 9. The molecule has 3 rings (SSSR count). The smallest absolute Gasteiger partial charge is 0.187 e. The summed E-state index contributed by atoms with van der Waals surface area (Å²) >= 11 is 0. The van der Waals surface area contributed by atoms with E-state index in [1.165, 1.54) is 19.1 Å². The Morgan fingerprint density at radius 2 is 1.53 bits per heavy atom. The molecule has 0 aromatic heterocycles. The molecule has 184 valence electrons. The van der Waals surface area contributed by atoms with Gasteiger partial charge in [0.05, 0.1) is 31.5 Å². The maximum atomic E-state index is 10.7. The minimum absolute atomic E-state index is 0.0897. The van der Waals surface area contributed by atoms with Crippen LogP contribution in [0.25, 0.3) is 0 Å². The van der Waals surface area contributed by atoms with E-state index in [0.717, 1.165) is 0 Å². The highest BCUT2D eigenvalue weighted by Gasteiger charge is 2.47. The number of aliphatic hydroxyl groups excluding tert-OH is 9. The second kappa shape index (κ2) is 10.5. The van der Waals surface area contributed by atoms with Gasteiger partial charge in [0.1, 0.15) is 42.7 Å². The highest BCUT2D eigenvalue weighted by molar-refractivity contribution is 5.25. The van der Waals surface area contributed by atoms with Crippen LogP contribution >= 0.6 is 0 Å². The molecule has 0 spiro atoms. The molecule has 0 aromatic rings. The molecule has 1 heterocycles. The lowest BCUT2D eigenvalue weighted by atomic mass is 9.85. The lowest BCUT2D eigenvalue weighted by Crippen LogP contribution is -2.61. The van der Waals surface area contributed by atoms with Crippen LogP contribution in [0.2, 0.25) is 0 Å². The molecular weight excluding hydrogens is 430 g/mol. The number of nitrogens with one attached hydrogen (secondary N) is 1. The monoisotopic (exact) mass is 463 g/mol. The normalized spacial score (nSPS) is 47.7. The van der Waals surface area contributed by atoms with Crippen molar-refractivity contribution < 1.29 is 55.4 Å². The third-order valence-corrected chi connectivity index (χ3v) is 6.30. The van der Waals surface area contributed by atoms with Crippen LogP contribution in [0.3, 0.4) is 0 Å². The Hall–Kier alpha value is -1.00. The predicted octanol–water partition coefficient (Wildman–Crippen LogP) is -4.78. The number of rotatable bonds is 6. The Morgan fingerprint density at radius 3 is 2.16 bits per heavy atom. The molecule has 12 nitrogen and oxygen atoms in total. The highest BCUT2D eigenvalue weighted by Crippen LogP contribution is 2.30. The fraction of sp³-hybridized carbons (Fsp3) is 0.800. The molecular formula is C20H33NO11. The summed E-state index contributed by atoms with van der Waals surface area (Å²) in [6, 6.07) is -1.42. The molecule has 1 saturated heterocycles. The van der Waals surface area contributed by atoms with Crippen LogP contribution in [0.1, 0.15) is 13.3 Å². The van der Waals surface area contributed by atoms with Gasteiger partial charge in [0.25, 0.3) is 0 Å². The van der Waals surface area contributed by atoms with Gasteiger partial charge >= 0.3 is 0 Å². The van der Waals surface area contributed by atoms with E-state index in [0.29, 0.717) is 0 Å². The van der Waals surface area contributed by atoms with E-state index in [9.17, 15) is 46.0 Å². The molecule has 12 heteroatoms. The molecule has 32 heavy (non-hydrogen) atoms. The van der Waals surface area contributed by atoms with Crippen molar-refractivity contribution in [3.63, 3.8) is 0 Å². The molecule has 0 bridgehead atoms. The van der Waals surface area contributed by atoms with Crippen molar-refractivity contribution in [2.45, 2.75) is 86.7 Å². The Morgan fingerprint density at radius 1 is 0.875 bits per heavy atom. The molecule has 12 atom stereocenters. The summed E-state index contributed by atoms with van der Waals surface area (Å²) in [4.78, 5) is 0. The van der Waals surface area contributed by atoms with Crippen molar-refractivity contribution in [2.24, 2.45) is 0 Å². The Balaban J connectivity index is 1.75. The van der Waals surface area contributed by atoms with Gasteiger partial charge in [-0.1, -0.05) is 12.2 Å². The van der Waals surface area contributed by atoms with Crippen molar-refractivity contribution >= 4 is 0 Å². The van der Waals surface area contributed by atoms with E-state index in [2.05, 4.69) is 5.32 Å². The van der Waals surface area contributed by atoms with Gasteiger partial charge in [0.15, 0.2) is 6.29 Å². The molecule has 0 amide bonds. The van der Waals surface area contributed by atoms with Crippen LogP contribution in [-0.4, -0.2) is 132 Å². The SMILES string of the molecule is CC1O[C@@H](O[C@@H]2C(CO)=C[C@H](N[C@H]3C=C(CO)[C@@H](O)[C@H](O)C3)[C@H](O)[C@H]2O)C(O)C(O)[C@@H]1O. The second-order valence-corrected chi connectivity index (χ2v) is 8.57. The summed E-state index contributed by atoms with van der Waals surface area (Å²) in [6.07, 6.45) is -10.3. The lowest BCUT2D eigenvalue weighted by molar-refractivity contribution is -0.309. The van der Waals surface area contributed by atoms with Crippen molar-refractivity contribution in [2.75, 3.05) is 13.2 Å². The summed E-state index contributed by atoms with van der Waals surface area (Å²) in [5.41, 5.74) is 0.394. The van der Waals surface area contributed by atoms with Gasteiger partial charge in [0.2, 0.25) is 0 Å². The Labute approximate surface area is 184 Å². The van der Waals surface area contributed by atoms with Crippen LogP contribution in [0.15, 0.2) is 23.3 Å². The zero-order chi connectivity index (χ0) is 23.7. The highest BCUT2D eigenvalue weighted by atomic mass is 16.7. The predicted molar refractivity (Wildman–Crippen MR) is 107 cm³/mol. The van der Waals surface area contributed by atoms with E-state index in [1.54, 1.807) is 0 Å². The molecule has 0 radical (unpaired) electrons. The van der Waals surface area contributed by atoms with Gasteiger partial charge < -0.3 is 60.7 Å². The van der Waals surface area contributed by atoms with Crippen LogP contribution < -0.4 is 5.32 Å². The third kappa shape index (κ3) is 5.06. The van der Waals surface area contributed by atoms with E-state index < -0.39 is 86.5 Å². The average molecular weight is 463 g/mol. The maximum absolute atomic E-state index is 10.7. The maximum Gasteiger partial charge on any atom is 0.187 e. The fourth-order valence-corrected chi connectivity index (χ4v) is 4.33.